The van der Waals surface area contributed by atoms with Crippen LogP contribution >= 0.6 is 11.8 Å². The highest BCUT2D eigenvalue weighted by Crippen LogP contribution is 2.12. The zero-order valence-corrected chi connectivity index (χ0v) is 10.5. The van der Waals surface area contributed by atoms with Crippen molar-refractivity contribution in [3.05, 3.63) is 35.6 Å². The highest BCUT2D eigenvalue weighted by molar-refractivity contribution is 7.99. The number of hydrogen-bond acceptors (Lipinski definition) is 3. The van der Waals surface area contributed by atoms with E-state index < -0.39 is 0 Å². The minimum absolute atomic E-state index is 0.0611. The summed E-state index contributed by atoms with van der Waals surface area (Å²) in [5.74, 6) is 0.648. The van der Waals surface area contributed by atoms with Gasteiger partial charge in [-0.15, -0.1) is 11.8 Å². The molecule has 0 aromatic heterocycles. The fourth-order valence-corrected chi connectivity index (χ4v) is 2.00. The van der Waals surface area contributed by atoms with Gasteiger partial charge in [0.2, 0.25) is 5.91 Å². The lowest BCUT2D eigenvalue weighted by Gasteiger charge is -2.10. The molecule has 1 atom stereocenters. The van der Waals surface area contributed by atoms with Gasteiger partial charge in [0.1, 0.15) is 5.82 Å². The van der Waals surface area contributed by atoms with Gasteiger partial charge < -0.3 is 10.4 Å². The van der Waals surface area contributed by atoms with Crippen molar-refractivity contribution in [1.29, 1.82) is 0 Å². The number of benzene rings is 1. The Labute approximate surface area is 104 Å². The van der Waals surface area contributed by atoms with Gasteiger partial charge in [0, 0.05) is 11.8 Å². The summed E-state index contributed by atoms with van der Waals surface area (Å²) in [6, 6.07) is 6.01. The average Bonchev–Trinajstić information content (AvgIpc) is 2.31. The first kappa shape index (κ1) is 14.0. The van der Waals surface area contributed by atoms with Crippen LogP contribution in [0.1, 0.15) is 12.5 Å². The molecule has 0 fully saturated rings. The number of aliphatic hydroxyl groups is 1. The molecule has 0 spiro atoms. The maximum absolute atomic E-state index is 12.6. The van der Waals surface area contributed by atoms with Crippen LogP contribution < -0.4 is 5.32 Å². The van der Waals surface area contributed by atoms with E-state index in [4.69, 9.17) is 5.11 Å². The second-order valence-electron chi connectivity index (χ2n) is 3.77. The van der Waals surface area contributed by atoms with Crippen molar-refractivity contribution in [3.63, 3.8) is 0 Å². The number of aliphatic hydroxyl groups excluding tert-OH is 1. The minimum Gasteiger partial charge on any atom is -0.394 e. The predicted molar refractivity (Wildman–Crippen MR) is 67.3 cm³/mol. The molecule has 1 rings (SSSR count). The van der Waals surface area contributed by atoms with Gasteiger partial charge in [-0.25, -0.2) is 4.39 Å². The molecule has 1 aromatic rings. The van der Waals surface area contributed by atoms with E-state index in [0.29, 0.717) is 11.5 Å². The van der Waals surface area contributed by atoms with Crippen molar-refractivity contribution < 1.29 is 14.3 Å². The summed E-state index contributed by atoms with van der Waals surface area (Å²) in [6.07, 6.45) is 0. The zero-order chi connectivity index (χ0) is 12.7. The van der Waals surface area contributed by atoms with Crippen molar-refractivity contribution in [2.75, 3.05) is 12.4 Å². The number of hydrogen-bond donors (Lipinski definition) is 2. The van der Waals surface area contributed by atoms with Crippen LogP contribution in [0.15, 0.2) is 24.3 Å². The van der Waals surface area contributed by atoms with Gasteiger partial charge in [0.05, 0.1) is 12.4 Å². The van der Waals surface area contributed by atoms with Gasteiger partial charge in [-0.1, -0.05) is 12.1 Å². The van der Waals surface area contributed by atoms with Crippen molar-refractivity contribution in [2.24, 2.45) is 0 Å². The molecule has 0 heterocycles. The first-order chi connectivity index (χ1) is 8.11. The summed E-state index contributed by atoms with van der Waals surface area (Å²) in [5.41, 5.74) is 0.986. The Kier molecular flexibility index (Phi) is 6.00. The van der Waals surface area contributed by atoms with E-state index in [1.165, 1.54) is 23.9 Å². The lowest BCUT2D eigenvalue weighted by molar-refractivity contribution is -0.119. The Morgan fingerprint density at radius 1 is 1.47 bits per heavy atom. The molecule has 0 unspecified atom stereocenters. The van der Waals surface area contributed by atoms with Crippen molar-refractivity contribution in [1.82, 2.24) is 5.32 Å². The second-order valence-corrected chi connectivity index (χ2v) is 4.76. The van der Waals surface area contributed by atoms with Crippen molar-refractivity contribution >= 4 is 17.7 Å². The van der Waals surface area contributed by atoms with Gasteiger partial charge in [-0.3, -0.25) is 4.79 Å². The number of halogens is 1. The average molecular weight is 257 g/mol. The van der Waals surface area contributed by atoms with Gasteiger partial charge in [-0.05, 0) is 24.6 Å². The van der Waals surface area contributed by atoms with E-state index >= 15 is 0 Å². The summed E-state index contributed by atoms with van der Waals surface area (Å²) in [5, 5.41) is 11.4. The maximum Gasteiger partial charge on any atom is 0.230 e. The number of carbonyl (C=O) groups excluding carboxylic acids is 1. The van der Waals surface area contributed by atoms with Crippen molar-refractivity contribution in [2.45, 2.75) is 18.7 Å². The maximum atomic E-state index is 12.6. The fraction of sp³-hybridized carbons (Fsp3) is 0.417. The van der Waals surface area contributed by atoms with Crippen LogP contribution in [0.2, 0.25) is 0 Å². The first-order valence-corrected chi connectivity index (χ1v) is 6.49. The van der Waals surface area contributed by atoms with Gasteiger partial charge in [0.15, 0.2) is 0 Å². The van der Waals surface area contributed by atoms with Gasteiger partial charge >= 0.3 is 0 Å². The van der Waals surface area contributed by atoms with E-state index in [9.17, 15) is 9.18 Å². The molecule has 0 saturated heterocycles. The monoisotopic (exact) mass is 257 g/mol. The largest absolute Gasteiger partial charge is 0.394 e. The van der Waals surface area contributed by atoms with Crippen LogP contribution in [0.25, 0.3) is 0 Å². The molecule has 94 valence electrons. The molecule has 2 N–H and O–H groups in total. The summed E-state index contributed by atoms with van der Waals surface area (Å²) in [4.78, 5) is 11.4. The van der Waals surface area contributed by atoms with E-state index in [2.05, 4.69) is 5.32 Å². The van der Waals surface area contributed by atoms with Crippen LogP contribution in [0.4, 0.5) is 4.39 Å². The molecule has 1 aromatic carbocycles. The molecule has 3 nitrogen and oxygen atoms in total. The van der Waals surface area contributed by atoms with Crippen molar-refractivity contribution in [3.8, 4) is 0 Å². The third-order valence-corrected chi connectivity index (χ3v) is 3.10. The quantitative estimate of drug-likeness (QED) is 0.813. The summed E-state index contributed by atoms with van der Waals surface area (Å²) in [6.45, 7) is 1.68. The molecule has 17 heavy (non-hydrogen) atoms. The standard InChI is InChI=1S/C12H16FNO2S/c1-9(6-15)14-12(16)8-17-7-10-2-4-11(13)5-3-10/h2-5,9,15H,6-8H2,1H3,(H,14,16)/t9-/m0/s1. The molecular weight excluding hydrogens is 241 g/mol. The Hall–Kier alpha value is -1.07. The molecule has 0 aliphatic heterocycles. The molecule has 0 aliphatic rings. The Morgan fingerprint density at radius 2 is 2.12 bits per heavy atom. The van der Waals surface area contributed by atoms with Crippen LogP contribution in [-0.4, -0.2) is 29.4 Å². The van der Waals surface area contributed by atoms with Crippen LogP contribution in [-0.2, 0) is 10.5 Å². The topological polar surface area (TPSA) is 49.3 Å². The molecular formula is C12H16FNO2S. The Balaban J connectivity index is 2.23. The van der Waals surface area contributed by atoms with E-state index in [1.54, 1.807) is 19.1 Å². The van der Waals surface area contributed by atoms with Gasteiger partial charge in [-0.2, -0.15) is 0 Å². The Morgan fingerprint density at radius 3 is 2.71 bits per heavy atom. The molecule has 0 radical (unpaired) electrons. The number of thioether (sulfide) groups is 1. The smallest absolute Gasteiger partial charge is 0.230 e. The number of nitrogens with one attached hydrogen (secondary N) is 1. The lowest BCUT2D eigenvalue weighted by Crippen LogP contribution is -2.36. The highest BCUT2D eigenvalue weighted by Gasteiger charge is 2.05. The predicted octanol–water partition coefficient (Wildman–Crippen LogP) is 1.56. The third kappa shape index (κ3) is 5.70. The minimum atomic E-state index is -0.256. The summed E-state index contributed by atoms with van der Waals surface area (Å²) < 4.78 is 12.6. The van der Waals surface area contributed by atoms with E-state index in [0.717, 1.165) is 5.56 Å². The summed E-state index contributed by atoms with van der Waals surface area (Å²) in [7, 11) is 0. The lowest BCUT2D eigenvalue weighted by atomic mass is 10.2. The molecule has 1 amide bonds. The Bertz CT molecular complexity index is 356. The van der Waals surface area contributed by atoms with Crippen LogP contribution in [0, 0.1) is 5.82 Å². The van der Waals surface area contributed by atoms with Crippen LogP contribution in [0.5, 0.6) is 0 Å². The van der Waals surface area contributed by atoms with Gasteiger partial charge in [0.25, 0.3) is 0 Å². The summed E-state index contributed by atoms with van der Waals surface area (Å²) >= 11 is 1.46. The number of rotatable bonds is 6. The molecule has 0 aliphatic carbocycles. The normalized spacial score (nSPS) is 12.2. The number of carbonyl (C=O) groups is 1. The first-order valence-electron chi connectivity index (χ1n) is 5.34. The molecule has 5 heteroatoms. The zero-order valence-electron chi connectivity index (χ0n) is 9.65. The highest BCUT2D eigenvalue weighted by atomic mass is 32.2. The van der Waals surface area contributed by atoms with E-state index in [-0.39, 0.29) is 24.4 Å². The molecule has 0 bridgehead atoms. The molecule has 0 saturated carbocycles. The fourth-order valence-electron chi connectivity index (χ4n) is 1.20. The SMILES string of the molecule is C[C@@H](CO)NC(=O)CSCc1ccc(F)cc1. The second kappa shape index (κ2) is 7.29. The van der Waals surface area contributed by atoms with Crippen LogP contribution in [0.3, 0.4) is 0 Å². The number of amides is 1. The third-order valence-electron chi connectivity index (χ3n) is 2.10. The van der Waals surface area contributed by atoms with E-state index in [1.807, 2.05) is 0 Å².